The van der Waals surface area contributed by atoms with Crippen molar-refractivity contribution in [1.82, 2.24) is 10.2 Å². The van der Waals surface area contributed by atoms with Crippen LogP contribution in [0.5, 0.6) is 5.75 Å². The molecule has 1 aliphatic heterocycles. The number of carbonyl (C=O) groups is 1. The molecule has 4 nitrogen and oxygen atoms in total. The van der Waals surface area contributed by atoms with Gasteiger partial charge in [0.1, 0.15) is 5.75 Å². The lowest BCUT2D eigenvalue weighted by Gasteiger charge is -2.30. The molecule has 146 valence electrons. The van der Waals surface area contributed by atoms with Crippen molar-refractivity contribution < 1.29 is 9.53 Å². The summed E-state index contributed by atoms with van der Waals surface area (Å²) in [4.78, 5) is 15.1. The Hall–Kier alpha value is -2.04. The van der Waals surface area contributed by atoms with Crippen molar-refractivity contribution in [3.05, 3.63) is 65.7 Å². The molecule has 27 heavy (non-hydrogen) atoms. The van der Waals surface area contributed by atoms with Crippen molar-refractivity contribution in [3.63, 3.8) is 0 Å². The second kappa shape index (κ2) is 11.0. The van der Waals surface area contributed by atoms with Gasteiger partial charge in [0, 0.05) is 19.0 Å². The monoisotopic (exact) mass is 388 g/mol. The van der Waals surface area contributed by atoms with Crippen molar-refractivity contribution in [3.8, 4) is 5.75 Å². The van der Waals surface area contributed by atoms with E-state index in [0.717, 1.165) is 44.6 Å². The van der Waals surface area contributed by atoms with Gasteiger partial charge in [-0.2, -0.15) is 0 Å². The lowest BCUT2D eigenvalue weighted by atomic mass is 9.96. The highest BCUT2D eigenvalue weighted by Gasteiger charge is 2.25. The number of benzene rings is 2. The number of halogens is 1. The minimum atomic E-state index is 0. The van der Waals surface area contributed by atoms with Crippen LogP contribution in [0.15, 0.2) is 54.6 Å². The SMILES string of the molecule is COc1ccc(CCN(Cc2ccccc2)C(=O)C2CCNCC2)cc1.Cl. The van der Waals surface area contributed by atoms with Crippen LogP contribution in [0.2, 0.25) is 0 Å². The molecular formula is C22H29ClN2O2. The molecule has 0 saturated carbocycles. The third-order valence-corrected chi connectivity index (χ3v) is 5.05. The number of rotatable bonds is 7. The minimum absolute atomic E-state index is 0. The van der Waals surface area contributed by atoms with E-state index in [9.17, 15) is 4.79 Å². The molecule has 0 aliphatic carbocycles. The van der Waals surface area contributed by atoms with Gasteiger partial charge in [0.25, 0.3) is 0 Å². The fourth-order valence-corrected chi connectivity index (χ4v) is 3.45. The van der Waals surface area contributed by atoms with Crippen LogP contribution >= 0.6 is 12.4 Å². The Kier molecular flexibility index (Phi) is 8.62. The van der Waals surface area contributed by atoms with Crippen molar-refractivity contribution in [2.24, 2.45) is 5.92 Å². The molecule has 1 amide bonds. The van der Waals surface area contributed by atoms with Crippen molar-refractivity contribution in [1.29, 1.82) is 0 Å². The highest BCUT2D eigenvalue weighted by Crippen LogP contribution is 2.18. The van der Waals surface area contributed by atoms with E-state index < -0.39 is 0 Å². The number of nitrogens with one attached hydrogen (secondary N) is 1. The first-order chi connectivity index (χ1) is 12.8. The summed E-state index contributed by atoms with van der Waals surface area (Å²) in [6.45, 7) is 3.30. The summed E-state index contributed by atoms with van der Waals surface area (Å²) in [5.74, 6) is 1.31. The van der Waals surface area contributed by atoms with E-state index in [1.807, 2.05) is 35.2 Å². The number of carbonyl (C=O) groups excluding carboxylic acids is 1. The fourth-order valence-electron chi connectivity index (χ4n) is 3.45. The van der Waals surface area contributed by atoms with Crippen LogP contribution in [0, 0.1) is 5.92 Å². The lowest BCUT2D eigenvalue weighted by Crippen LogP contribution is -2.41. The van der Waals surface area contributed by atoms with Gasteiger partial charge in [-0.3, -0.25) is 4.79 Å². The first-order valence-corrected chi connectivity index (χ1v) is 9.42. The lowest BCUT2D eigenvalue weighted by molar-refractivity contribution is -0.137. The molecule has 0 spiro atoms. The average molecular weight is 389 g/mol. The van der Waals surface area contributed by atoms with Crippen molar-refractivity contribution >= 4 is 18.3 Å². The van der Waals surface area contributed by atoms with E-state index in [-0.39, 0.29) is 18.3 Å². The van der Waals surface area contributed by atoms with Gasteiger partial charge in [-0.05, 0) is 55.6 Å². The van der Waals surface area contributed by atoms with Crippen molar-refractivity contribution in [2.45, 2.75) is 25.8 Å². The van der Waals surface area contributed by atoms with Gasteiger partial charge in [0.05, 0.1) is 7.11 Å². The summed E-state index contributed by atoms with van der Waals surface area (Å²) in [6.07, 6.45) is 2.73. The molecule has 2 aromatic carbocycles. The first kappa shape index (κ1) is 21.3. The van der Waals surface area contributed by atoms with Gasteiger partial charge >= 0.3 is 0 Å². The van der Waals surface area contributed by atoms with Gasteiger partial charge in [-0.15, -0.1) is 12.4 Å². The van der Waals surface area contributed by atoms with Gasteiger partial charge < -0.3 is 15.0 Å². The number of methoxy groups -OCH3 is 1. The van der Waals surface area contributed by atoms with E-state index in [1.165, 1.54) is 11.1 Å². The molecule has 1 heterocycles. The molecule has 0 unspecified atom stereocenters. The maximum Gasteiger partial charge on any atom is 0.226 e. The highest BCUT2D eigenvalue weighted by atomic mass is 35.5. The molecule has 1 fully saturated rings. The zero-order chi connectivity index (χ0) is 18.2. The smallest absolute Gasteiger partial charge is 0.226 e. The van der Waals surface area contributed by atoms with Gasteiger partial charge in [-0.1, -0.05) is 42.5 Å². The summed E-state index contributed by atoms with van der Waals surface area (Å²) in [7, 11) is 1.67. The van der Waals surface area contributed by atoms with Crippen LogP contribution in [0.25, 0.3) is 0 Å². The Morgan fingerprint density at radius 2 is 1.70 bits per heavy atom. The topological polar surface area (TPSA) is 41.6 Å². The number of amides is 1. The molecule has 1 aliphatic rings. The van der Waals surface area contributed by atoms with Crippen LogP contribution in [-0.4, -0.2) is 37.6 Å². The van der Waals surface area contributed by atoms with Gasteiger partial charge in [-0.25, -0.2) is 0 Å². The molecule has 3 rings (SSSR count). The van der Waals surface area contributed by atoms with Crippen LogP contribution in [0.1, 0.15) is 24.0 Å². The van der Waals surface area contributed by atoms with E-state index >= 15 is 0 Å². The van der Waals surface area contributed by atoms with Crippen LogP contribution < -0.4 is 10.1 Å². The fraction of sp³-hybridized carbons (Fsp3) is 0.409. The molecule has 5 heteroatoms. The molecule has 0 bridgehead atoms. The first-order valence-electron chi connectivity index (χ1n) is 9.42. The zero-order valence-corrected chi connectivity index (χ0v) is 16.7. The summed E-state index contributed by atoms with van der Waals surface area (Å²) < 4.78 is 5.22. The second-order valence-corrected chi connectivity index (χ2v) is 6.87. The van der Waals surface area contributed by atoms with E-state index in [4.69, 9.17) is 4.74 Å². The number of hydrogen-bond donors (Lipinski definition) is 1. The Balaban J connectivity index is 0.00000261. The summed E-state index contributed by atoms with van der Waals surface area (Å²) in [6, 6.07) is 18.4. The van der Waals surface area contributed by atoms with Crippen LogP contribution in [0.4, 0.5) is 0 Å². The minimum Gasteiger partial charge on any atom is -0.497 e. The molecular weight excluding hydrogens is 360 g/mol. The summed E-state index contributed by atoms with van der Waals surface area (Å²) >= 11 is 0. The maximum absolute atomic E-state index is 13.1. The molecule has 0 radical (unpaired) electrons. The Morgan fingerprint density at radius 3 is 2.33 bits per heavy atom. The quantitative estimate of drug-likeness (QED) is 0.786. The van der Waals surface area contributed by atoms with E-state index in [2.05, 4.69) is 29.6 Å². The standard InChI is InChI=1S/C22H28N2O2.ClH/c1-26-21-9-7-18(8-10-21)13-16-24(17-19-5-3-2-4-6-19)22(25)20-11-14-23-15-12-20;/h2-10,20,23H,11-17H2,1H3;1H. The maximum atomic E-state index is 13.1. The number of hydrogen-bond acceptors (Lipinski definition) is 3. The molecule has 1 N–H and O–H groups in total. The molecule has 2 aromatic rings. The second-order valence-electron chi connectivity index (χ2n) is 6.87. The van der Waals surface area contributed by atoms with Crippen molar-refractivity contribution in [2.75, 3.05) is 26.7 Å². The predicted molar refractivity (Wildman–Crippen MR) is 111 cm³/mol. The normalized spacial score (nSPS) is 14.3. The largest absolute Gasteiger partial charge is 0.497 e. The van der Waals surface area contributed by atoms with E-state index in [1.54, 1.807) is 7.11 Å². The third kappa shape index (κ3) is 6.26. The molecule has 0 atom stereocenters. The predicted octanol–water partition coefficient (Wildman–Crippen LogP) is 3.69. The third-order valence-electron chi connectivity index (χ3n) is 5.05. The van der Waals surface area contributed by atoms with Crippen LogP contribution in [0.3, 0.4) is 0 Å². The van der Waals surface area contributed by atoms with Gasteiger partial charge in [0.2, 0.25) is 5.91 Å². The van der Waals surface area contributed by atoms with Crippen LogP contribution in [-0.2, 0) is 17.8 Å². The summed E-state index contributed by atoms with van der Waals surface area (Å²) in [5, 5.41) is 3.34. The Morgan fingerprint density at radius 1 is 1.04 bits per heavy atom. The summed E-state index contributed by atoms with van der Waals surface area (Å²) in [5.41, 5.74) is 2.41. The average Bonchev–Trinajstić information content (AvgIpc) is 2.72. The zero-order valence-electron chi connectivity index (χ0n) is 15.9. The Bertz CT molecular complexity index is 685. The molecule has 0 aromatic heterocycles. The molecule has 1 saturated heterocycles. The highest BCUT2D eigenvalue weighted by molar-refractivity contribution is 5.85. The number of nitrogens with zero attached hydrogens (tertiary/aromatic N) is 1. The number of ether oxygens (including phenoxy) is 1. The number of piperidine rings is 1. The van der Waals surface area contributed by atoms with E-state index in [0.29, 0.717) is 12.5 Å². The van der Waals surface area contributed by atoms with Gasteiger partial charge in [0.15, 0.2) is 0 Å². The Labute approximate surface area is 168 Å².